The van der Waals surface area contributed by atoms with Gasteiger partial charge in [-0.15, -0.1) is 0 Å². The quantitative estimate of drug-likeness (QED) is 0.897. The zero-order valence-electron chi connectivity index (χ0n) is 11.1. The first-order valence-corrected chi connectivity index (χ1v) is 6.34. The average Bonchev–Trinajstić information content (AvgIpc) is 2.76. The molecule has 0 aliphatic rings. The number of hydrogen-bond donors (Lipinski definition) is 1. The highest BCUT2D eigenvalue weighted by molar-refractivity contribution is 5.18. The molecule has 0 bridgehead atoms. The summed E-state index contributed by atoms with van der Waals surface area (Å²) in [5, 5.41) is 15.0. The van der Waals surface area contributed by atoms with Crippen molar-refractivity contribution in [2.24, 2.45) is 5.92 Å². The van der Waals surface area contributed by atoms with Gasteiger partial charge in [0.1, 0.15) is 6.10 Å². The third kappa shape index (κ3) is 2.62. The molecule has 0 amide bonds. The predicted molar refractivity (Wildman–Crippen MR) is 72.2 cm³/mol. The van der Waals surface area contributed by atoms with E-state index in [9.17, 15) is 5.11 Å². The maximum absolute atomic E-state index is 10.6. The van der Waals surface area contributed by atoms with Gasteiger partial charge in [-0.25, -0.2) is 0 Å². The molecular formula is C15H20N2O. The van der Waals surface area contributed by atoms with Gasteiger partial charge in [0.15, 0.2) is 0 Å². The van der Waals surface area contributed by atoms with Gasteiger partial charge in [-0.2, -0.15) is 5.10 Å². The number of aromatic nitrogens is 2. The Balaban J connectivity index is 2.31. The van der Waals surface area contributed by atoms with E-state index < -0.39 is 6.10 Å². The molecule has 1 N–H and O–H groups in total. The topological polar surface area (TPSA) is 38.0 Å². The van der Waals surface area contributed by atoms with Crippen LogP contribution in [0.4, 0.5) is 0 Å². The molecule has 2 aromatic rings. The Bertz CT molecular complexity index is 490. The lowest BCUT2D eigenvalue weighted by molar-refractivity contribution is 0.0799. The molecule has 1 aromatic heterocycles. The SMILES string of the molecule is Cc1ccn(C(C(C)C)C(O)c2ccccc2)n1. The fourth-order valence-electron chi connectivity index (χ4n) is 2.26. The summed E-state index contributed by atoms with van der Waals surface area (Å²) < 4.78 is 1.87. The summed E-state index contributed by atoms with van der Waals surface area (Å²) in [6.07, 6.45) is 1.40. The fourth-order valence-corrected chi connectivity index (χ4v) is 2.26. The molecule has 1 aromatic carbocycles. The van der Waals surface area contributed by atoms with Gasteiger partial charge in [0.2, 0.25) is 0 Å². The van der Waals surface area contributed by atoms with Crippen molar-refractivity contribution < 1.29 is 5.11 Å². The molecule has 2 unspecified atom stereocenters. The first-order chi connectivity index (χ1) is 8.59. The molecule has 0 saturated heterocycles. The first-order valence-electron chi connectivity index (χ1n) is 6.34. The molecule has 3 nitrogen and oxygen atoms in total. The van der Waals surface area contributed by atoms with Crippen LogP contribution >= 0.6 is 0 Å². The summed E-state index contributed by atoms with van der Waals surface area (Å²) >= 11 is 0. The second kappa shape index (κ2) is 5.36. The van der Waals surface area contributed by atoms with Crippen LogP contribution in [0.3, 0.4) is 0 Å². The summed E-state index contributed by atoms with van der Waals surface area (Å²) in [4.78, 5) is 0. The number of aliphatic hydroxyl groups is 1. The number of benzene rings is 1. The van der Waals surface area contributed by atoms with Crippen LogP contribution in [0.2, 0.25) is 0 Å². The van der Waals surface area contributed by atoms with Crippen molar-refractivity contribution in [3.05, 3.63) is 53.9 Å². The standard InChI is InChI=1S/C15H20N2O/c1-11(2)14(17-10-9-12(3)16-17)15(18)13-7-5-4-6-8-13/h4-11,14-15,18H,1-3H3. The largest absolute Gasteiger partial charge is 0.386 e. The van der Waals surface area contributed by atoms with Crippen molar-refractivity contribution in [2.45, 2.75) is 32.9 Å². The Morgan fingerprint density at radius 2 is 1.78 bits per heavy atom. The molecule has 0 aliphatic heterocycles. The minimum atomic E-state index is -0.537. The van der Waals surface area contributed by atoms with E-state index in [0.29, 0.717) is 5.92 Å². The lowest BCUT2D eigenvalue weighted by atomic mass is 9.93. The molecule has 0 saturated carbocycles. The molecule has 18 heavy (non-hydrogen) atoms. The van der Waals surface area contributed by atoms with Crippen molar-refractivity contribution in [3.63, 3.8) is 0 Å². The van der Waals surface area contributed by atoms with E-state index in [1.54, 1.807) is 0 Å². The molecule has 3 heteroatoms. The van der Waals surface area contributed by atoms with Crippen LogP contribution in [0.1, 0.15) is 37.3 Å². The third-order valence-electron chi connectivity index (χ3n) is 3.19. The smallest absolute Gasteiger partial charge is 0.102 e. The van der Waals surface area contributed by atoms with Gasteiger partial charge in [0.25, 0.3) is 0 Å². The van der Waals surface area contributed by atoms with Crippen LogP contribution in [0.15, 0.2) is 42.6 Å². The fraction of sp³-hybridized carbons (Fsp3) is 0.400. The van der Waals surface area contributed by atoms with E-state index in [0.717, 1.165) is 11.3 Å². The van der Waals surface area contributed by atoms with Gasteiger partial charge < -0.3 is 5.11 Å². The van der Waals surface area contributed by atoms with Crippen molar-refractivity contribution >= 4 is 0 Å². The van der Waals surface area contributed by atoms with Gasteiger partial charge in [0.05, 0.1) is 11.7 Å². The average molecular weight is 244 g/mol. The van der Waals surface area contributed by atoms with Gasteiger partial charge in [-0.3, -0.25) is 4.68 Å². The number of nitrogens with zero attached hydrogens (tertiary/aromatic N) is 2. The summed E-state index contributed by atoms with van der Waals surface area (Å²) in [6, 6.07) is 11.7. The molecule has 2 atom stereocenters. The van der Waals surface area contributed by atoms with E-state index in [2.05, 4.69) is 18.9 Å². The van der Waals surface area contributed by atoms with Crippen LogP contribution in [0.5, 0.6) is 0 Å². The van der Waals surface area contributed by atoms with E-state index in [1.807, 2.05) is 54.2 Å². The van der Waals surface area contributed by atoms with Gasteiger partial charge in [-0.1, -0.05) is 44.2 Å². The summed E-state index contributed by atoms with van der Waals surface area (Å²) in [5.74, 6) is 0.305. The molecule has 0 spiro atoms. The number of hydrogen-bond acceptors (Lipinski definition) is 2. The Kier molecular flexibility index (Phi) is 3.82. The van der Waals surface area contributed by atoms with Crippen LogP contribution in [-0.4, -0.2) is 14.9 Å². The van der Waals surface area contributed by atoms with Gasteiger partial charge >= 0.3 is 0 Å². The van der Waals surface area contributed by atoms with E-state index in [1.165, 1.54) is 0 Å². The molecule has 0 radical (unpaired) electrons. The van der Waals surface area contributed by atoms with Gasteiger partial charge in [0, 0.05) is 6.20 Å². The van der Waals surface area contributed by atoms with E-state index in [4.69, 9.17) is 0 Å². The Hall–Kier alpha value is -1.61. The minimum Gasteiger partial charge on any atom is -0.386 e. The number of rotatable bonds is 4. The Morgan fingerprint density at radius 1 is 1.11 bits per heavy atom. The first kappa shape index (κ1) is 12.8. The lowest BCUT2D eigenvalue weighted by Gasteiger charge is -2.27. The third-order valence-corrected chi connectivity index (χ3v) is 3.19. The van der Waals surface area contributed by atoms with Crippen molar-refractivity contribution in [1.82, 2.24) is 9.78 Å². The molecule has 1 heterocycles. The molecule has 0 fully saturated rings. The monoisotopic (exact) mass is 244 g/mol. The van der Waals surface area contributed by atoms with Gasteiger partial charge in [-0.05, 0) is 24.5 Å². The second-order valence-corrected chi connectivity index (χ2v) is 5.03. The van der Waals surface area contributed by atoms with Crippen molar-refractivity contribution in [1.29, 1.82) is 0 Å². The molecule has 0 aliphatic carbocycles. The van der Waals surface area contributed by atoms with E-state index >= 15 is 0 Å². The molecule has 96 valence electrons. The highest BCUT2D eigenvalue weighted by Crippen LogP contribution is 2.31. The summed E-state index contributed by atoms with van der Waals surface area (Å²) in [5.41, 5.74) is 1.91. The van der Waals surface area contributed by atoms with Crippen LogP contribution in [0, 0.1) is 12.8 Å². The minimum absolute atomic E-state index is 0.0406. The van der Waals surface area contributed by atoms with Crippen molar-refractivity contribution in [2.75, 3.05) is 0 Å². The zero-order valence-corrected chi connectivity index (χ0v) is 11.1. The van der Waals surface area contributed by atoms with Crippen LogP contribution in [0.25, 0.3) is 0 Å². The molecule has 2 rings (SSSR count). The Labute approximate surface area is 108 Å². The lowest BCUT2D eigenvalue weighted by Crippen LogP contribution is -2.23. The molecular weight excluding hydrogens is 224 g/mol. The Morgan fingerprint density at radius 3 is 2.28 bits per heavy atom. The normalized spacial score (nSPS) is 14.7. The zero-order chi connectivity index (χ0) is 13.1. The van der Waals surface area contributed by atoms with Crippen LogP contribution < -0.4 is 0 Å². The highest BCUT2D eigenvalue weighted by Gasteiger charge is 2.26. The number of aryl methyl sites for hydroxylation is 1. The van der Waals surface area contributed by atoms with E-state index in [-0.39, 0.29) is 6.04 Å². The van der Waals surface area contributed by atoms with Crippen molar-refractivity contribution in [3.8, 4) is 0 Å². The maximum atomic E-state index is 10.6. The second-order valence-electron chi connectivity index (χ2n) is 5.03. The maximum Gasteiger partial charge on any atom is 0.102 e. The summed E-state index contributed by atoms with van der Waals surface area (Å²) in [6.45, 7) is 6.17. The predicted octanol–water partition coefficient (Wildman–Crippen LogP) is 3.12. The summed E-state index contributed by atoms with van der Waals surface area (Å²) in [7, 11) is 0. The number of aliphatic hydroxyl groups excluding tert-OH is 1. The van der Waals surface area contributed by atoms with Crippen LogP contribution in [-0.2, 0) is 0 Å². The highest BCUT2D eigenvalue weighted by atomic mass is 16.3.